The summed E-state index contributed by atoms with van der Waals surface area (Å²) in [6.07, 6.45) is 13.2. The van der Waals surface area contributed by atoms with E-state index < -0.39 is 5.41 Å². The molecule has 0 aromatic carbocycles. The largest absolute Gasteiger partial charge is 2.00 e. The molecule has 63 heavy (non-hydrogen) atoms. The van der Waals surface area contributed by atoms with Crippen molar-refractivity contribution >= 4 is 0 Å². The van der Waals surface area contributed by atoms with Crippen LogP contribution in [0.5, 0.6) is 0 Å². The molecule has 8 rings (SSSR count). The van der Waals surface area contributed by atoms with E-state index in [4.69, 9.17) is 40.3 Å². The number of nitrogens with zero attached hydrogens (tertiary/aromatic N) is 12. The number of aromatic nitrogens is 12. The molecule has 0 aliphatic rings. The second kappa shape index (κ2) is 17.4. The third-order valence-electron chi connectivity index (χ3n) is 10.5. The maximum atomic E-state index is 5.41. The first-order valence-corrected chi connectivity index (χ1v) is 20.6. The first-order valence-electron chi connectivity index (χ1n) is 20.6. The van der Waals surface area contributed by atoms with E-state index in [0.717, 1.165) is 22.8 Å². The van der Waals surface area contributed by atoms with Crippen molar-refractivity contribution in [2.45, 2.75) is 110 Å². The summed E-state index contributed by atoms with van der Waals surface area (Å²) in [4.78, 5) is 21.7. The van der Waals surface area contributed by atoms with E-state index in [0.29, 0.717) is 46.0 Å². The second-order valence-electron chi connectivity index (χ2n) is 19.6. The fourth-order valence-electron chi connectivity index (χ4n) is 6.87. The Morgan fingerprint density at radius 1 is 0.317 bits per heavy atom. The van der Waals surface area contributed by atoms with Gasteiger partial charge in [0.05, 0.1) is 46.0 Å². The molecule has 0 saturated carbocycles. The standard InChI is InChI=1S/C49H52N12.2Pt/c1-45(2,3)33-25-29-58(54-33)41-21-13-17-37(50-41)49(38-18-14-22-42(51-38)59-30-26-34(55-59)46(4,5)6,39-19-15-23-43(52-39)60-31-27-35(56-60)47(7,8)9)40-20-16-24-44(53-40)61-32-28-36(57-61)48(10,11)12;;/h13-28H,1-12H3;;/q-4;2*+2. The van der Waals surface area contributed by atoms with Gasteiger partial charge in [0, 0.05) is 0 Å². The molecule has 0 fully saturated rings. The minimum absolute atomic E-state index is 0. The minimum Gasteiger partial charge on any atom is -0.343 e. The molecule has 8 heterocycles. The van der Waals surface area contributed by atoms with E-state index in [1.54, 1.807) is 18.7 Å². The van der Waals surface area contributed by atoms with E-state index in [1.807, 2.05) is 97.1 Å². The van der Waals surface area contributed by atoms with Crippen LogP contribution < -0.4 is 0 Å². The molecule has 12 nitrogen and oxygen atoms in total. The summed E-state index contributed by atoms with van der Waals surface area (Å²) in [6.45, 7) is 25.5. The van der Waals surface area contributed by atoms with Crippen LogP contribution in [0.25, 0.3) is 23.3 Å². The molecule has 0 aliphatic carbocycles. The first-order chi connectivity index (χ1) is 28.7. The fraction of sp³-hybridized carbons (Fsp3) is 0.347. The van der Waals surface area contributed by atoms with Gasteiger partial charge in [0.25, 0.3) is 0 Å². The average Bonchev–Trinajstić information content (AvgIpc) is 4.05. The third kappa shape index (κ3) is 9.39. The number of rotatable bonds is 8. The molecule has 0 radical (unpaired) electrons. The number of hydrogen-bond donors (Lipinski definition) is 0. The van der Waals surface area contributed by atoms with Crippen molar-refractivity contribution in [3.8, 4) is 23.3 Å². The maximum absolute atomic E-state index is 5.41. The van der Waals surface area contributed by atoms with E-state index >= 15 is 0 Å². The summed E-state index contributed by atoms with van der Waals surface area (Å²) in [5.74, 6) is 2.28. The normalized spacial score (nSPS) is 12.5. The van der Waals surface area contributed by atoms with Gasteiger partial charge < -0.3 is 18.7 Å². The van der Waals surface area contributed by atoms with Gasteiger partial charge in [-0.25, -0.2) is 0 Å². The molecule has 0 amide bonds. The van der Waals surface area contributed by atoms with Crippen LogP contribution in [0.1, 0.15) is 129 Å². The Bertz CT molecular complexity index is 2450. The fourth-order valence-corrected chi connectivity index (χ4v) is 6.87. The Morgan fingerprint density at radius 3 is 0.698 bits per heavy atom. The molecule has 0 saturated heterocycles. The van der Waals surface area contributed by atoms with Gasteiger partial charge in [0.2, 0.25) is 0 Å². The van der Waals surface area contributed by atoms with Crippen LogP contribution in [-0.2, 0) is 69.2 Å². The second-order valence-corrected chi connectivity index (χ2v) is 19.6. The topological polar surface area (TPSA) is 123 Å². The van der Waals surface area contributed by atoms with Gasteiger partial charge in [0.15, 0.2) is 0 Å². The molecule has 0 bridgehead atoms. The van der Waals surface area contributed by atoms with Gasteiger partial charge in [-0.15, -0.1) is 24.3 Å². The molecular weight excluding hydrogens is 1150 g/mol. The summed E-state index contributed by atoms with van der Waals surface area (Å²) in [5, 5.41) is 19.7. The van der Waals surface area contributed by atoms with Gasteiger partial charge in [-0.2, -0.15) is 0 Å². The van der Waals surface area contributed by atoms with Crippen LogP contribution in [0.15, 0.2) is 97.1 Å². The van der Waals surface area contributed by atoms with Crippen molar-refractivity contribution in [3.63, 3.8) is 0 Å². The zero-order valence-corrected chi connectivity index (χ0v) is 42.3. The summed E-state index contributed by atoms with van der Waals surface area (Å²) in [5.41, 5.74) is 3.87. The Balaban J connectivity index is 0.00000330. The predicted octanol–water partition coefficient (Wildman–Crippen LogP) is 8.78. The van der Waals surface area contributed by atoms with Crippen LogP contribution >= 0.6 is 0 Å². The molecule has 0 unspecified atom stereocenters. The summed E-state index contributed by atoms with van der Waals surface area (Å²) >= 11 is 0. The van der Waals surface area contributed by atoms with E-state index in [2.05, 4.69) is 108 Å². The molecule has 14 heteroatoms. The van der Waals surface area contributed by atoms with Gasteiger partial charge in [-0.1, -0.05) is 156 Å². The molecule has 0 atom stereocenters. The minimum atomic E-state index is -1.35. The average molecular weight is 1200 g/mol. The molecule has 0 spiro atoms. The molecular formula is C49H52N12Pt2. The maximum Gasteiger partial charge on any atom is 2.00 e. The number of pyridine rings is 4. The summed E-state index contributed by atoms with van der Waals surface area (Å²) < 4.78 is 6.77. The third-order valence-corrected chi connectivity index (χ3v) is 10.5. The van der Waals surface area contributed by atoms with Crippen molar-refractivity contribution in [1.82, 2.24) is 59.1 Å². The predicted molar refractivity (Wildman–Crippen MR) is 235 cm³/mol. The monoisotopic (exact) mass is 1200 g/mol. The number of hydrogen-bond acceptors (Lipinski definition) is 8. The van der Waals surface area contributed by atoms with Crippen LogP contribution in [0.4, 0.5) is 0 Å². The first kappa shape index (κ1) is 47.3. The molecule has 328 valence electrons. The van der Waals surface area contributed by atoms with Crippen molar-refractivity contribution in [3.05, 3.63) is 167 Å². The summed E-state index contributed by atoms with van der Waals surface area (Å²) in [6, 6.07) is 31.2. The SMILES string of the molecule is CC(C)(C)c1c[c-]n(-c2cccc(C(c3cccc(-n4[c-]cc(C(C)(C)C)n4)n3)(c3cccc(-n4[c-]cc(C(C)(C)C)n4)n3)c3cccc(-n4[c-]cc(C(C)(C)C)n4)n3)n2)n1.[Pt+2].[Pt+2]. The summed E-state index contributed by atoms with van der Waals surface area (Å²) in [7, 11) is 0. The Morgan fingerprint density at radius 2 is 0.524 bits per heavy atom. The van der Waals surface area contributed by atoms with E-state index in [-0.39, 0.29) is 63.8 Å². The van der Waals surface area contributed by atoms with Gasteiger partial charge in [-0.05, 0) is 68.7 Å². The Kier molecular flexibility index (Phi) is 13.1. The van der Waals surface area contributed by atoms with Gasteiger partial charge >= 0.3 is 42.1 Å². The van der Waals surface area contributed by atoms with Crippen LogP contribution in [0, 0.1) is 24.8 Å². The molecule has 0 N–H and O–H groups in total. The van der Waals surface area contributed by atoms with Crippen molar-refractivity contribution in [2.75, 3.05) is 0 Å². The van der Waals surface area contributed by atoms with Gasteiger partial charge in [-0.3, -0.25) is 40.3 Å². The zero-order valence-electron chi connectivity index (χ0n) is 37.7. The Hall–Kier alpha value is -5.18. The molecule has 8 aromatic heterocycles. The molecule has 8 aromatic rings. The van der Waals surface area contributed by atoms with Crippen molar-refractivity contribution in [2.24, 2.45) is 0 Å². The van der Waals surface area contributed by atoms with E-state index in [9.17, 15) is 0 Å². The van der Waals surface area contributed by atoms with Crippen molar-refractivity contribution < 1.29 is 42.1 Å². The van der Waals surface area contributed by atoms with Crippen LogP contribution in [-0.4, -0.2) is 59.1 Å². The van der Waals surface area contributed by atoms with Crippen LogP contribution in [0.2, 0.25) is 0 Å². The zero-order chi connectivity index (χ0) is 43.5. The quantitative estimate of drug-likeness (QED) is 0.139. The van der Waals surface area contributed by atoms with Crippen molar-refractivity contribution in [1.29, 1.82) is 0 Å². The van der Waals surface area contributed by atoms with Crippen LogP contribution in [0.3, 0.4) is 0 Å². The Labute approximate surface area is 399 Å². The van der Waals surface area contributed by atoms with E-state index in [1.165, 1.54) is 0 Å². The molecule has 0 aliphatic heterocycles. The smallest absolute Gasteiger partial charge is 0.343 e. The van der Waals surface area contributed by atoms with Gasteiger partial charge in [0.1, 0.15) is 5.41 Å².